The molecule has 1 aliphatic carbocycles. The van der Waals surface area contributed by atoms with Gasteiger partial charge in [0, 0.05) is 12.3 Å². The Morgan fingerprint density at radius 1 is 1.56 bits per heavy atom. The van der Waals surface area contributed by atoms with Gasteiger partial charge >= 0.3 is 0 Å². The SMILES string of the molecule is CCC(=O)C1CC1CC. The van der Waals surface area contributed by atoms with Crippen LogP contribution in [0.4, 0.5) is 0 Å². The topological polar surface area (TPSA) is 17.1 Å². The van der Waals surface area contributed by atoms with E-state index in [4.69, 9.17) is 0 Å². The van der Waals surface area contributed by atoms with Crippen molar-refractivity contribution in [2.75, 3.05) is 0 Å². The Bertz CT molecular complexity index is 118. The van der Waals surface area contributed by atoms with Gasteiger partial charge in [0.15, 0.2) is 0 Å². The Morgan fingerprint density at radius 3 is 2.56 bits per heavy atom. The van der Waals surface area contributed by atoms with Gasteiger partial charge in [-0.25, -0.2) is 0 Å². The first-order valence-corrected chi connectivity index (χ1v) is 3.82. The second-order valence-electron chi connectivity index (χ2n) is 2.83. The van der Waals surface area contributed by atoms with Gasteiger partial charge < -0.3 is 0 Å². The molecule has 0 aromatic carbocycles. The molecule has 0 N–H and O–H groups in total. The monoisotopic (exact) mass is 126 g/mol. The first-order valence-electron chi connectivity index (χ1n) is 3.82. The molecular formula is C8H14O. The Kier molecular flexibility index (Phi) is 1.89. The summed E-state index contributed by atoms with van der Waals surface area (Å²) in [6.45, 7) is 4.11. The van der Waals surface area contributed by atoms with Crippen LogP contribution >= 0.6 is 0 Å². The first kappa shape index (κ1) is 6.79. The van der Waals surface area contributed by atoms with E-state index in [9.17, 15) is 4.79 Å². The lowest BCUT2D eigenvalue weighted by molar-refractivity contribution is -0.120. The quantitative estimate of drug-likeness (QED) is 0.565. The number of carbonyl (C=O) groups excluding carboxylic acids is 1. The van der Waals surface area contributed by atoms with Crippen LogP contribution in [-0.2, 0) is 4.79 Å². The van der Waals surface area contributed by atoms with E-state index in [1.54, 1.807) is 0 Å². The van der Waals surface area contributed by atoms with Crippen molar-refractivity contribution in [2.24, 2.45) is 11.8 Å². The minimum Gasteiger partial charge on any atom is -0.299 e. The third-order valence-electron chi connectivity index (χ3n) is 2.21. The molecule has 1 aliphatic rings. The molecule has 0 amide bonds. The van der Waals surface area contributed by atoms with Gasteiger partial charge in [0.1, 0.15) is 5.78 Å². The number of rotatable bonds is 3. The van der Waals surface area contributed by atoms with Gasteiger partial charge in [0.2, 0.25) is 0 Å². The van der Waals surface area contributed by atoms with Crippen molar-refractivity contribution >= 4 is 5.78 Å². The van der Waals surface area contributed by atoms with E-state index >= 15 is 0 Å². The molecule has 1 fully saturated rings. The zero-order valence-electron chi connectivity index (χ0n) is 6.18. The molecular weight excluding hydrogens is 112 g/mol. The van der Waals surface area contributed by atoms with Crippen LogP contribution in [0.15, 0.2) is 0 Å². The van der Waals surface area contributed by atoms with E-state index in [-0.39, 0.29) is 0 Å². The van der Waals surface area contributed by atoms with Gasteiger partial charge in [-0.15, -0.1) is 0 Å². The highest BCUT2D eigenvalue weighted by Crippen LogP contribution is 2.42. The molecule has 0 bridgehead atoms. The first-order chi connectivity index (χ1) is 4.29. The summed E-state index contributed by atoms with van der Waals surface area (Å²) in [6, 6.07) is 0. The molecule has 2 atom stereocenters. The maximum atomic E-state index is 10.9. The fourth-order valence-electron chi connectivity index (χ4n) is 1.36. The minimum atomic E-state index is 0.458. The van der Waals surface area contributed by atoms with Crippen LogP contribution < -0.4 is 0 Å². The molecule has 1 nitrogen and oxygen atoms in total. The standard InChI is InChI=1S/C8H14O/c1-3-6-5-7(6)8(9)4-2/h6-7H,3-5H2,1-2H3. The maximum Gasteiger partial charge on any atom is 0.135 e. The summed E-state index contributed by atoms with van der Waals surface area (Å²) in [7, 11) is 0. The molecule has 0 aromatic heterocycles. The summed E-state index contributed by atoms with van der Waals surface area (Å²) in [5.74, 6) is 1.68. The molecule has 0 aromatic rings. The van der Waals surface area contributed by atoms with Crippen LogP contribution in [-0.4, -0.2) is 5.78 Å². The van der Waals surface area contributed by atoms with Gasteiger partial charge in [0.25, 0.3) is 0 Å². The summed E-state index contributed by atoms with van der Waals surface area (Å²) in [5.41, 5.74) is 0. The lowest BCUT2D eigenvalue weighted by Crippen LogP contribution is -1.98. The van der Waals surface area contributed by atoms with E-state index < -0.39 is 0 Å². The number of ketones is 1. The van der Waals surface area contributed by atoms with E-state index in [1.807, 2.05) is 6.92 Å². The van der Waals surface area contributed by atoms with Crippen LogP contribution in [0.5, 0.6) is 0 Å². The van der Waals surface area contributed by atoms with E-state index in [2.05, 4.69) is 6.92 Å². The summed E-state index contributed by atoms with van der Waals surface area (Å²) >= 11 is 0. The molecule has 0 saturated heterocycles. The summed E-state index contributed by atoms with van der Waals surface area (Å²) in [6.07, 6.45) is 3.10. The van der Waals surface area contributed by atoms with Gasteiger partial charge in [-0.05, 0) is 12.3 Å². The van der Waals surface area contributed by atoms with Crippen molar-refractivity contribution < 1.29 is 4.79 Å². The predicted octanol–water partition coefficient (Wildman–Crippen LogP) is 2.01. The second-order valence-corrected chi connectivity index (χ2v) is 2.83. The number of carbonyl (C=O) groups is 1. The molecule has 9 heavy (non-hydrogen) atoms. The molecule has 1 saturated carbocycles. The molecule has 0 aliphatic heterocycles. The lowest BCUT2D eigenvalue weighted by Gasteiger charge is -1.90. The van der Waals surface area contributed by atoms with Crippen molar-refractivity contribution in [3.63, 3.8) is 0 Å². The zero-order chi connectivity index (χ0) is 6.85. The van der Waals surface area contributed by atoms with Gasteiger partial charge in [-0.2, -0.15) is 0 Å². The van der Waals surface area contributed by atoms with Crippen LogP contribution in [0.1, 0.15) is 33.1 Å². The van der Waals surface area contributed by atoms with Crippen molar-refractivity contribution in [3.8, 4) is 0 Å². The highest BCUT2D eigenvalue weighted by atomic mass is 16.1. The molecule has 52 valence electrons. The average Bonchev–Trinajstić information content (AvgIpc) is 2.64. The number of hydrogen-bond acceptors (Lipinski definition) is 1. The maximum absolute atomic E-state index is 10.9. The largest absolute Gasteiger partial charge is 0.299 e. The van der Waals surface area contributed by atoms with Crippen molar-refractivity contribution in [2.45, 2.75) is 33.1 Å². The Balaban J connectivity index is 2.25. The second kappa shape index (κ2) is 2.51. The Morgan fingerprint density at radius 2 is 2.22 bits per heavy atom. The highest BCUT2D eigenvalue weighted by molar-refractivity contribution is 5.83. The smallest absolute Gasteiger partial charge is 0.135 e. The van der Waals surface area contributed by atoms with E-state index in [0.717, 1.165) is 12.3 Å². The molecule has 0 spiro atoms. The predicted molar refractivity (Wildman–Crippen MR) is 37.2 cm³/mol. The van der Waals surface area contributed by atoms with Crippen molar-refractivity contribution in [1.29, 1.82) is 0 Å². The van der Waals surface area contributed by atoms with Gasteiger partial charge in [-0.3, -0.25) is 4.79 Å². The van der Waals surface area contributed by atoms with Crippen LogP contribution in [0.25, 0.3) is 0 Å². The van der Waals surface area contributed by atoms with Gasteiger partial charge in [0.05, 0.1) is 0 Å². The van der Waals surface area contributed by atoms with Crippen LogP contribution in [0.2, 0.25) is 0 Å². The van der Waals surface area contributed by atoms with Crippen molar-refractivity contribution in [3.05, 3.63) is 0 Å². The fourth-order valence-corrected chi connectivity index (χ4v) is 1.36. The van der Waals surface area contributed by atoms with E-state index in [0.29, 0.717) is 11.7 Å². The Hall–Kier alpha value is -0.330. The van der Waals surface area contributed by atoms with E-state index in [1.165, 1.54) is 12.8 Å². The summed E-state index contributed by atoms with van der Waals surface area (Å²) in [4.78, 5) is 10.9. The number of Topliss-reactive ketones (excluding diaryl/α,β-unsaturated/α-hetero) is 1. The van der Waals surface area contributed by atoms with Crippen molar-refractivity contribution in [1.82, 2.24) is 0 Å². The van der Waals surface area contributed by atoms with Crippen LogP contribution in [0.3, 0.4) is 0 Å². The zero-order valence-corrected chi connectivity index (χ0v) is 6.18. The molecule has 0 radical (unpaired) electrons. The molecule has 1 rings (SSSR count). The van der Waals surface area contributed by atoms with Gasteiger partial charge in [-0.1, -0.05) is 20.3 Å². The number of hydrogen-bond donors (Lipinski definition) is 0. The minimum absolute atomic E-state index is 0.458. The fraction of sp³-hybridized carbons (Fsp3) is 0.875. The molecule has 0 heterocycles. The van der Waals surface area contributed by atoms with Crippen LogP contribution in [0, 0.1) is 11.8 Å². The third kappa shape index (κ3) is 1.32. The highest BCUT2D eigenvalue weighted by Gasteiger charge is 2.39. The molecule has 2 unspecified atom stereocenters. The Labute approximate surface area is 56.4 Å². The normalized spacial score (nSPS) is 32.2. The average molecular weight is 126 g/mol. The lowest BCUT2D eigenvalue weighted by atomic mass is 10.1. The molecule has 1 heteroatoms. The third-order valence-corrected chi connectivity index (χ3v) is 2.21. The summed E-state index contributed by atoms with van der Waals surface area (Å²) < 4.78 is 0. The summed E-state index contributed by atoms with van der Waals surface area (Å²) in [5, 5.41) is 0.